The molecule has 0 aliphatic carbocycles. The van der Waals surface area contributed by atoms with E-state index in [2.05, 4.69) is 37.7 Å². The molecule has 0 amide bonds. The van der Waals surface area contributed by atoms with Gasteiger partial charge in [-0.15, -0.1) is 0 Å². The molecule has 0 spiro atoms. The van der Waals surface area contributed by atoms with E-state index < -0.39 is 0 Å². The molecule has 14 heavy (non-hydrogen) atoms. The largest absolute Gasteiger partial charge is 0.493 e. The van der Waals surface area contributed by atoms with Crippen LogP contribution in [0.3, 0.4) is 0 Å². The van der Waals surface area contributed by atoms with Gasteiger partial charge in [-0.3, -0.25) is 0 Å². The Morgan fingerprint density at radius 1 is 1.00 bits per heavy atom. The minimum atomic E-state index is 0.366. The predicted molar refractivity (Wildman–Crippen MR) is 56.8 cm³/mol. The summed E-state index contributed by atoms with van der Waals surface area (Å²) < 4.78 is 5.37. The van der Waals surface area contributed by atoms with Gasteiger partial charge in [-0.05, 0) is 11.8 Å². The summed E-state index contributed by atoms with van der Waals surface area (Å²) >= 11 is 0. The smallest absolute Gasteiger partial charge is 0.162 e. The van der Waals surface area contributed by atoms with Crippen LogP contribution >= 0.6 is 0 Å². The fourth-order valence-electron chi connectivity index (χ4n) is 1.43. The van der Waals surface area contributed by atoms with Crippen molar-refractivity contribution in [3.63, 3.8) is 0 Å². The van der Waals surface area contributed by atoms with Crippen LogP contribution in [0.5, 0.6) is 5.75 Å². The fourth-order valence-corrected chi connectivity index (χ4v) is 1.43. The first-order valence-corrected chi connectivity index (χ1v) is 4.96. The minimum Gasteiger partial charge on any atom is -0.493 e. The highest BCUT2D eigenvalue weighted by atomic mass is 16.5. The lowest BCUT2D eigenvalue weighted by molar-refractivity contribution is 0.393. The van der Waals surface area contributed by atoms with Crippen molar-refractivity contribution in [2.75, 3.05) is 7.11 Å². The van der Waals surface area contributed by atoms with Gasteiger partial charge in [0.15, 0.2) is 5.75 Å². The fraction of sp³-hybridized carbons (Fsp3) is 0.636. The highest BCUT2D eigenvalue weighted by Gasteiger charge is 2.16. The van der Waals surface area contributed by atoms with Gasteiger partial charge in [-0.1, -0.05) is 27.7 Å². The lowest BCUT2D eigenvalue weighted by Crippen LogP contribution is -2.05. The first-order chi connectivity index (χ1) is 6.57. The Labute approximate surface area is 85.5 Å². The van der Waals surface area contributed by atoms with Crippen molar-refractivity contribution in [3.05, 3.63) is 17.7 Å². The van der Waals surface area contributed by atoms with E-state index in [1.165, 1.54) is 0 Å². The molecule has 1 aromatic heterocycles. The molecule has 0 bridgehead atoms. The van der Waals surface area contributed by atoms with Crippen LogP contribution in [-0.2, 0) is 0 Å². The standard InChI is InChI=1S/C11H18N2O/c1-7(2)9-11(14-5)10(8(3)4)13-6-12-9/h6-8H,1-5H3. The van der Waals surface area contributed by atoms with Gasteiger partial charge in [0.25, 0.3) is 0 Å². The van der Waals surface area contributed by atoms with Crippen molar-refractivity contribution in [1.29, 1.82) is 0 Å². The van der Waals surface area contributed by atoms with E-state index in [0.29, 0.717) is 11.8 Å². The normalized spacial score (nSPS) is 11.1. The second-order valence-electron chi connectivity index (χ2n) is 3.99. The van der Waals surface area contributed by atoms with E-state index >= 15 is 0 Å². The molecule has 3 nitrogen and oxygen atoms in total. The maximum atomic E-state index is 5.37. The Bertz CT molecular complexity index is 282. The molecule has 1 heterocycles. The third-order valence-corrected chi connectivity index (χ3v) is 2.16. The maximum absolute atomic E-state index is 5.37. The number of nitrogens with zero attached hydrogens (tertiary/aromatic N) is 2. The van der Waals surface area contributed by atoms with E-state index in [0.717, 1.165) is 17.1 Å². The van der Waals surface area contributed by atoms with E-state index in [1.807, 2.05) is 0 Å². The van der Waals surface area contributed by atoms with Crippen LogP contribution in [0.1, 0.15) is 50.9 Å². The highest BCUT2D eigenvalue weighted by molar-refractivity contribution is 5.35. The Morgan fingerprint density at radius 3 is 1.71 bits per heavy atom. The summed E-state index contributed by atoms with van der Waals surface area (Å²) in [6.07, 6.45) is 1.62. The zero-order valence-corrected chi connectivity index (χ0v) is 9.53. The summed E-state index contributed by atoms with van der Waals surface area (Å²) in [7, 11) is 1.68. The molecule has 0 saturated carbocycles. The van der Waals surface area contributed by atoms with Crippen LogP contribution in [0.4, 0.5) is 0 Å². The molecule has 0 aliphatic rings. The van der Waals surface area contributed by atoms with Crippen LogP contribution in [0.25, 0.3) is 0 Å². The third-order valence-electron chi connectivity index (χ3n) is 2.16. The first-order valence-electron chi connectivity index (χ1n) is 4.96. The summed E-state index contributed by atoms with van der Waals surface area (Å²) in [5, 5.41) is 0. The SMILES string of the molecule is COc1c(C(C)C)ncnc1C(C)C. The van der Waals surface area contributed by atoms with E-state index in [9.17, 15) is 0 Å². The average Bonchev–Trinajstić information content (AvgIpc) is 2.16. The first kappa shape index (κ1) is 11.0. The molecule has 1 rings (SSSR count). The lowest BCUT2D eigenvalue weighted by Gasteiger charge is -2.15. The molecule has 0 unspecified atom stereocenters. The highest BCUT2D eigenvalue weighted by Crippen LogP contribution is 2.30. The Balaban J connectivity index is 3.25. The zero-order valence-electron chi connectivity index (χ0n) is 9.53. The van der Waals surface area contributed by atoms with Crippen LogP contribution in [0.2, 0.25) is 0 Å². The van der Waals surface area contributed by atoms with Gasteiger partial charge >= 0.3 is 0 Å². The van der Waals surface area contributed by atoms with E-state index in [1.54, 1.807) is 13.4 Å². The summed E-state index contributed by atoms with van der Waals surface area (Å²) in [4.78, 5) is 8.51. The van der Waals surface area contributed by atoms with Crippen molar-refractivity contribution in [2.45, 2.75) is 39.5 Å². The average molecular weight is 194 g/mol. The van der Waals surface area contributed by atoms with Gasteiger partial charge in [-0.2, -0.15) is 0 Å². The summed E-state index contributed by atoms with van der Waals surface area (Å²) in [6.45, 7) is 8.42. The van der Waals surface area contributed by atoms with Gasteiger partial charge in [0.2, 0.25) is 0 Å². The second kappa shape index (κ2) is 4.40. The van der Waals surface area contributed by atoms with Crippen molar-refractivity contribution in [1.82, 2.24) is 9.97 Å². The molecule has 0 aliphatic heterocycles. The summed E-state index contributed by atoms with van der Waals surface area (Å²) in [5.74, 6) is 1.58. The second-order valence-corrected chi connectivity index (χ2v) is 3.99. The van der Waals surface area contributed by atoms with Crippen molar-refractivity contribution < 1.29 is 4.74 Å². The summed E-state index contributed by atoms with van der Waals surface area (Å²) in [5.41, 5.74) is 1.98. The molecule has 0 fully saturated rings. The molecule has 0 atom stereocenters. The van der Waals surface area contributed by atoms with Crippen LogP contribution < -0.4 is 4.74 Å². The molecule has 0 N–H and O–H groups in total. The van der Waals surface area contributed by atoms with Crippen molar-refractivity contribution in [3.8, 4) is 5.75 Å². The van der Waals surface area contributed by atoms with Gasteiger partial charge in [0.1, 0.15) is 6.33 Å². The summed E-state index contributed by atoms with van der Waals surface area (Å²) in [6, 6.07) is 0. The predicted octanol–water partition coefficient (Wildman–Crippen LogP) is 2.73. The van der Waals surface area contributed by atoms with Gasteiger partial charge in [-0.25, -0.2) is 9.97 Å². The Morgan fingerprint density at radius 2 is 1.43 bits per heavy atom. The Kier molecular flexibility index (Phi) is 3.44. The van der Waals surface area contributed by atoms with Crippen LogP contribution in [-0.4, -0.2) is 17.1 Å². The molecule has 78 valence electrons. The molecule has 0 radical (unpaired) electrons. The molecule has 1 aromatic rings. The van der Waals surface area contributed by atoms with E-state index in [-0.39, 0.29) is 0 Å². The van der Waals surface area contributed by atoms with Gasteiger partial charge < -0.3 is 4.74 Å². The third kappa shape index (κ3) is 2.03. The molecular weight excluding hydrogens is 176 g/mol. The number of rotatable bonds is 3. The lowest BCUT2D eigenvalue weighted by atomic mass is 10.0. The van der Waals surface area contributed by atoms with Crippen LogP contribution in [0.15, 0.2) is 6.33 Å². The molecule has 3 heteroatoms. The molecule has 0 saturated heterocycles. The molecular formula is C11H18N2O. The zero-order chi connectivity index (χ0) is 10.7. The topological polar surface area (TPSA) is 35.0 Å². The number of hydrogen-bond acceptors (Lipinski definition) is 3. The minimum absolute atomic E-state index is 0.366. The van der Waals surface area contributed by atoms with Crippen molar-refractivity contribution in [2.24, 2.45) is 0 Å². The number of ether oxygens (including phenoxy) is 1. The quantitative estimate of drug-likeness (QED) is 0.742. The van der Waals surface area contributed by atoms with Crippen molar-refractivity contribution >= 4 is 0 Å². The maximum Gasteiger partial charge on any atom is 0.162 e. The molecule has 0 aromatic carbocycles. The van der Waals surface area contributed by atoms with Gasteiger partial charge in [0.05, 0.1) is 18.5 Å². The number of hydrogen-bond donors (Lipinski definition) is 0. The number of aromatic nitrogens is 2. The monoisotopic (exact) mass is 194 g/mol. The number of methoxy groups -OCH3 is 1. The Hall–Kier alpha value is -1.12. The van der Waals surface area contributed by atoms with E-state index in [4.69, 9.17) is 4.74 Å². The van der Waals surface area contributed by atoms with Gasteiger partial charge in [0, 0.05) is 0 Å². The van der Waals surface area contributed by atoms with Crippen LogP contribution in [0, 0.1) is 0 Å².